The molecule has 4 nitrogen and oxygen atoms in total. The summed E-state index contributed by atoms with van der Waals surface area (Å²) >= 11 is 3.40. The number of aryl methyl sites for hydroxylation is 1. The van der Waals surface area contributed by atoms with Gasteiger partial charge in [0.05, 0.1) is 11.9 Å². The second-order valence-electron chi connectivity index (χ2n) is 4.07. The van der Waals surface area contributed by atoms with Crippen LogP contribution in [-0.4, -0.2) is 22.4 Å². The molecule has 1 aromatic heterocycles. The predicted octanol–water partition coefficient (Wildman–Crippen LogP) is 2.45. The van der Waals surface area contributed by atoms with Crippen LogP contribution in [0.15, 0.2) is 35.2 Å². The second kappa shape index (κ2) is 5.82. The normalized spacial score (nSPS) is 10.3. The Morgan fingerprint density at radius 3 is 3.00 bits per heavy atom. The van der Waals surface area contributed by atoms with Gasteiger partial charge in [-0.3, -0.25) is 4.79 Å². The van der Waals surface area contributed by atoms with Crippen molar-refractivity contribution in [2.45, 2.75) is 13.3 Å². The molecule has 0 saturated heterocycles. The van der Waals surface area contributed by atoms with Gasteiger partial charge in [-0.2, -0.15) is 0 Å². The zero-order valence-electron chi connectivity index (χ0n) is 10.0. The molecular formula is C13H14BrN3O. The van der Waals surface area contributed by atoms with Gasteiger partial charge in [-0.25, -0.2) is 4.98 Å². The van der Waals surface area contributed by atoms with E-state index < -0.39 is 0 Å². The van der Waals surface area contributed by atoms with Crippen LogP contribution in [0.3, 0.4) is 0 Å². The van der Waals surface area contributed by atoms with Gasteiger partial charge in [-0.05, 0) is 40.5 Å². The number of amides is 1. The molecule has 0 fully saturated rings. The third-order valence-electron chi connectivity index (χ3n) is 2.60. The molecular weight excluding hydrogens is 294 g/mol. The molecule has 0 spiro atoms. The van der Waals surface area contributed by atoms with Gasteiger partial charge in [0, 0.05) is 29.3 Å². The number of aromatic nitrogens is 2. The first kappa shape index (κ1) is 12.8. The summed E-state index contributed by atoms with van der Waals surface area (Å²) < 4.78 is 0.821. The molecule has 1 amide bonds. The van der Waals surface area contributed by atoms with Gasteiger partial charge in [-0.15, -0.1) is 0 Å². The number of benzene rings is 1. The molecule has 0 saturated carbocycles. The monoisotopic (exact) mass is 307 g/mol. The van der Waals surface area contributed by atoms with Crippen LogP contribution in [0.4, 0.5) is 0 Å². The molecule has 0 bridgehead atoms. The number of nitrogens with one attached hydrogen (secondary N) is 2. The van der Waals surface area contributed by atoms with E-state index in [9.17, 15) is 4.79 Å². The summed E-state index contributed by atoms with van der Waals surface area (Å²) in [6.45, 7) is 2.58. The van der Waals surface area contributed by atoms with Crippen molar-refractivity contribution in [3.05, 3.63) is 52.0 Å². The van der Waals surface area contributed by atoms with E-state index in [-0.39, 0.29) is 5.91 Å². The number of hydrogen-bond acceptors (Lipinski definition) is 2. The Morgan fingerprint density at radius 1 is 1.50 bits per heavy atom. The highest BCUT2D eigenvalue weighted by Gasteiger charge is 2.09. The largest absolute Gasteiger partial charge is 0.352 e. The Kier molecular flexibility index (Phi) is 4.15. The molecule has 2 aromatic rings. The average Bonchev–Trinajstić information content (AvgIpc) is 2.81. The Morgan fingerprint density at radius 2 is 2.33 bits per heavy atom. The van der Waals surface area contributed by atoms with Gasteiger partial charge in [0.2, 0.25) is 0 Å². The topological polar surface area (TPSA) is 57.8 Å². The number of imidazole rings is 1. The van der Waals surface area contributed by atoms with Gasteiger partial charge < -0.3 is 10.3 Å². The summed E-state index contributed by atoms with van der Waals surface area (Å²) in [6.07, 6.45) is 4.14. The molecule has 94 valence electrons. The molecule has 0 aliphatic carbocycles. The van der Waals surface area contributed by atoms with Crippen molar-refractivity contribution >= 4 is 21.8 Å². The maximum absolute atomic E-state index is 11.9. The van der Waals surface area contributed by atoms with E-state index in [1.165, 1.54) is 0 Å². The van der Waals surface area contributed by atoms with Crippen LogP contribution in [-0.2, 0) is 6.42 Å². The number of H-pyrrole nitrogens is 1. The lowest BCUT2D eigenvalue weighted by Gasteiger charge is -2.06. The average molecular weight is 308 g/mol. The number of carbonyl (C=O) groups is 1. The summed E-state index contributed by atoms with van der Waals surface area (Å²) in [5.74, 6) is -0.0682. The Balaban J connectivity index is 1.91. The zero-order valence-corrected chi connectivity index (χ0v) is 11.6. The summed E-state index contributed by atoms with van der Waals surface area (Å²) in [5.41, 5.74) is 2.79. The van der Waals surface area contributed by atoms with E-state index in [4.69, 9.17) is 0 Å². The minimum atomic E-state index is -0.0682. The van der Waals surface area contributed by atoms with E-state index >= 15 is 0 Å². The van der Waals surface area contributed by atoms with Gasteiger partial charge in [0.1, 0.15) is 0 Å². The highest BCUT2D eigenvalue weighted by Crippen LogP contribution is 2.18. The number of rotatable bonds is 4. The Labute approximate surface area is 114 Å². The quantitative estimate of drug-likeness (QED) is 0.911. The lowest BCUT2D eigenvalue weighted by atomic mass is 10.1. The molecule has 5 heteroatoms. The van der Waals surface area contributed by atoms with Crippen molar-refractivity contribution < 1.29 is 4.79 Å². The van der Waals surface area contributed by atoms with Crippen molar-refractivity contribution in [3.63, 3.8) is 0 Å². The van der Waals surface area contributed by atoms with E-state index in [1.807, 2.05) is 25.1 Å². The molecule has 0 aliphatic heterocycles. The van der Waals surface area contributed by atoms with Crippen LogP contribution in [0.2, 0.25) is 0 Å². The fourth-order valence-electron chi connectivity index (χ4n) is 1.63. The Bertz CT molecular complexity index is 537. The molecule has 2 N–H and O–H groups in total. The summed E-state index contributed by atoms with van der Waals surface area (Å²) in [7, 11) is 0. The van der Waals surface area contributed by atoms with Crippen molar-refractivity contribution in [1.82, 2.24) is 15.3 Å². The highest BCUT2D eigenvalue weighted by molar-refractivity contribution is 9.10. The van der Waals surface area contributed by atoms with Crippen LogP contribution < -0.4 is 5.32 Å². The van der Waals surface area contributed by atoms with Crippen LogP contribution in [0, 0.1) is 6.92 Å². The van der Waals surface area contributed by atoms with E-state index in [2.05, 4.69) is 31.2 Å². The molecule has 1 heterocycles. The van der Waals surface area contributed by atoms with Crippen LogP contribution in [0.1, 0.15) is 21.6 Å². The molecule has 0 radical (unpaired) electrons. The number of carbonyl (C=O) groups excluding carboxylic acids is 1. The summed E-state index contributed by atoms with van der Waals surface area (Å²) in [5, 5.41) is 2.88. The number of nitrogens with zero attached hydrogens (tertiary/aromatic N) is 1. The van der Waals surface area contributed by atoms with Gasteiger partial charge in [0.15, 0.2) is 0 Å². The number of hydrogen-bond donors (Lipinski definition) is 2. The molecule has 1 aromatic carbocycles. The molecule has 0 unspecified atom stereocenters. The third-order valence-corrected chi connectivity index (χ3v) is 3.26. The van der Waals surface area contributed by atoms with E-state index in [0.717, 1.165) is 22.2 Å². The first-order chi connectivity index (χ1) is 8.66. The number of halogens is 1. The SMILES string of the molecule is Cc1ccc(C(=O)NCCc2cnc[nH]2)c(Br)c1. The van der Waals surface area contributed by atoms with Gasteiger partial charge in [0.25, 0.3) is 5.91 Å². The molecule has 18 heavy (non-hydrogen) atoms. The van der Waals surface area contributed by atoms with Gasteiger partial charge >= 0.3 is 0 Å². The van der Waals surface area contributed by atoms with Gasteiger partial charge in [-0.1, -0.05) is 6.07 Å². The van der Waals surface area contributed by atoms with E-state index in [1.54, 1.807) is 12.5 Å². The summed E-state index contributed by atoms with van der Waals surface area (Å²) in [6, 6.07) is 5.68. The minimum absolute atomic E-state index is 0.0682. The second-order valence-corrected chi connectivity index (χ2v) is 4.92. The number of aromatic amines is 1. The highest BCUT2D eigenvalue weighted by atomic mass is 79.9. The first-order valence-electron chi connectivity index (χ1n) is 5.68. The lowest BCUT2D eigenvalue weighted by Crippen LogP contribution is -2.26. The Hall–Kier alpha value is -1.62. The zero-order chi connectivity index (χ0) is 13.0. The fourth-order valence-corrected chi connectivity index (χ4v) is 2.30. The van der Waals surface area contributed by atoms with Crippen LogP contribution in [0.5, 0.6) is 0 Å². The lowest BCUT2D eigenvalue weighted by molar-refractivity contribution is 0.0953. The van der Waals surface area contributed by atoms with Crippen LogP contribution in [0.25, 0.3) is 0 Å². The van der Waals surface area contributed by atoms with Crippen molar-refractivity contribution in [2.75, 3.05) is 6.54 Å². The maximum atomic E-state index is 11.9. The van der Waals surface area contributed by atoms with Crippen molar-refractivity contribution in [3.8, 4) is 0 Å². The predicted molar refractivity (Wildman–Crippen MR) is 73.5 cm³/mol. The smallest absolute Gasteiger partial charge is 0.252 e. The minimum Gasteiger partial charge on any atom is -0.352 e. The third kappa shape index (κ3) is 3.20. The molecule has 2 rings (SSSR count). The standard InChI is InChI=1S/C13H14BrN3O/c1-9-2-3-11(12(14)6-9)13(18)16-5-4-10-7-15-8-17-10/h2-3,6-8H,4-5H2,1H3,(H,15,17)(H,16,18). The summed E-state index contributed by atoms with van der Waals surface area (Å²) in [4.78, 5) is 18.9. The van der Waals surface area contributed by atoms with E-state index in [0.29, 0.717) is 12.1 Å². The molecule has 0 aliphatic rings. The van der Waals surface area contributed by atoms with Crippen molar-refractivity contribution in [1.29, 1.82) is 0 Å². The fraction of sp³-hybridized carbons (Fsp3) is 0.231. The van der Waals surface area contributed by atoms with Crippen molar-refractivity contribution in [2.24, 2.45) is 0 Å². The first-order valence-corrected chi connectivity index (χ1v) is 6.47. The maximum Gasteiger partial charge on any atom is 0.252 e. The van der Waals surface area contributed by atoms with Crippen LogP contribution >= 0.6 is 15.9 Å². The molecule has 0 atom stereocenters.